The van der Waals surface area contributed by atoms with Gasteiger partial charge in [-0.05, 0) is 84.7 Å². The average molecular weight is 433 g/mol. The number of hydrogen-bond donors (Lipinski definition) is 0. The Balaban J connectivity index is 1.54. The van der Waals surface area contributed by atoms with E-state index in [1.165, 1.54) is 10.1 Å². The fourth-order valence-corrected chi connectivity index (χ4v) is 5.21. The highest BCUT2D eigenvalue weighted by molar-refractivity contribution is 7.22. The molecule has 5 rings (SSSR count). The Hall–Kier alpha value is -3.10. The summed E-state index contributed by atoms with van der Waals surface area (Å²) in [6.07, 6.45) is 3.54. The highest BCUT2D eigenvalue weighted by Crippen LogP contribution is 2.35. The number of carbonyl (C=O) groups is 1. The van der Waals surface area contributed by atoms with Crippen LogP contribution in [0.5, 0.6) is 0 Å². The van der Waals surface area contributed by atoms with Crippen molar-refractivity contribution in [3.8, 4) is 16.1 Å². The summed E-state index contributed by atoms with van der Waals surface area (Å²) in [5.41, 5.74) is 2.43. The molecule has 8 heteroatoms. The van der Waals surface area contributed by atoms with Gasteiger partial charge in [-0.25, -0.2) is 4.68 Å². The summed E-state index contributed by atoms with van der Waals surface area (Å²) in [4.78, 5) is 18.8. The Morgan fingerprint density at radius 1 is 1.13 bits per heavy atom. The van der Waals surface area contributed by atoms with E-state index in [1.807, 2.05) is 42.3 Å². The Kier molecular flexibility index (Phi) is 5.25. The summed E-state index contributed by atoms with van der Waals surface area (Å²) >= 11 is 1.72. The van der Waals surface area contributed by atoms with Crippen LogP contribution < -0.4 is 0 Å². The number of piperidine rings is 1. The van der Waals surface area contributed by atoms with E-state index in [2.05, 4.69) is 45.7 Å². The van der Waals surface area contributed by atoms with E-state index in [9.17, 15) is 4.79 Å². The first-order valence-corrected chi connectivity index (χ1v) is 11.2. The molecule has 2 aromatic heterocycles. The second kappa shape index (κ2) is 8.20. The van der Waals surface area contributed by atoms with Crippen molar-refractivity contribution in [2.45, 2.75) is 18.9 Å². The molecule has 4 aromatic rings. The normalized spacial score (nSPS) is 15.4. The van der Waals surface area contributed by atoms with E-state index in [1.54, 1.807) is 22.3 Å². The minimum Gasteiger partial charge on any atom is -0.339 e. The third-order valence-electron chi connectivity index (χ3n) is 6.04. The standard InChI is InChI=1S/C23H24N6OS/c1-27-9-7-19(8-10-27)28(2)23(30)18-11-17(12-20(13-18)29-15-24-25-26-29)22-14-16-5-3-4-6-21(16)31-22/h3-6,11-15,19H,7-10H2,1-2H3. The van der Waals surface area contributed by atoms with Gasteiger partial charge in [-0.2, -0.15) is 0 Å². The van der Waals surface area contributed by atoms with Gasteiger partial charge in [-0.3, -0.25) is 4.79 Å². The number of thiophene rings is 1. The van der Waals surface area contributed by atoms with Crippen LogP contribution in [-0.2, 0) is 0 Å². The molecule has 0 spiro atoms. The molecule has 1 aliphatic rings. The van der Waals surface area contributed by atoms with Crippen LogP contribution in [0.3, 0.4) is 0 Å². The van der Waals surface area contributed by atoms with Gasteiger partial charge in [0, 0.05) is 28.2 Å². The molecule has 0 atom stereocenters. The van der Waals surface area contributed by atoms with Gasteiger partial charge in [-0.1, -0.05) is 18.2 Å². The molecule has 1 fully saturated rings. The van der Waals surface area contributed by atoms with E-state index in [4.69, 9.17) is 0 Å². The molecule has 0 bridgehead atoms. The van der Waals surface area contributed by atoms with Crippen molar-refractivity contribution in [3.63, 3.8) is 0 Å². The second-order valence-electron chi connectivity index (χ2n) is 8.12. The average Bonchev–Trinajstić information content (AvgIpc) is 3.48. The molecule has 158 valence electrons. The lowest BCUT2D eigenvalue weighted by molar-refractivity contribution is 0.0659. The van der Waals surface area contributed by atoms with Gasteiger partial charge >= 0.3 is 0 Å². The van der Waals surface area contributed by atoms with E-state index < -0.39 is 0 Å². The molecule has 7 nitrogen and oxygen atoms in total. The van der Waals surface area contributed by atoms with Gasteiger partial charge in [0.15, 0.2) is 0 Å². The van der Waals surface area contributed by atoms with Crippen LogP contribution in [0.1, 0.15) is 23.2 Å². The van der Waals surface area contributed by atoms with Crippen molar-refractivity contribution in [2.75, 3.05) is 27.2 Å². The van der Waals surface area contributed by atoms with E-state index in [0.717, 1.165) is 42.1 Å². The smallest absolute Gasteiger partial charge is 0.253 e. The summed E-state index contributed by atoms with van der Waals surface area (Å²) < 4.78 is 2.82. The summed E-state index contributed by atoms with van der Waals surface area (Å²) in [5, 5.41) is 12.8. The Morgan fingerprint density at radius 2 is 1.94 bits per heavy atom. The SMILES string of the molecule is CN1CCC(N(C)C(=O)c2cc(-c3cc4ccccc4s3)cc(-n3cnnn3)c2)CC1. The summed E-state index contributed by atoms with van der Waals surface area (Å²) in [7, 11) is 4.05. The van der Waals surface area contributed by atoms with Gasteiger partial charge in [0.05, 0.1) is 5.69 Å². The van der Waals surface area contributed by atoms with Crippen molar-refractivity contribution >= 4 is 27.3 Å². The lowest BCUT2D eigenvalue weighted by atomic mass is 10.0. The van der Waals surface area contributed by atoms with Crippen LogP contribution in [0.15, 0.2) is 54.9 Å². The van der Waals surface area contributed by atoms with Crippen molar-refractivity contribution in [2.24, 2.45) is 0 Å². The van der Waals surface area contributed by atoms with Crippen molar-refractivity contribution in [1.82, 2.24) is 30.0 Å². The predicted molar refractivity (Wildman–Crippen MR) is 123 cm³/mol. The molecule has 1 saturated heterocycles. The molecular formula is C23H24N6OS. The van der Waals surface area contributed by atoms with Gasteiger partial charge in [0.1, 0.15) is 6.33 Å². The van der Waals surface area contributed by atoms with E-state index in [-0.39, 0.29) is 11.9 Å². The zero-order valence-electron chi connectivity index (χ0n) is 17.6. The van der Waals surface area contributed by atoms with Crippen LogP contribution >= 0.6 is 11.3 Å². The largest absolute Gasteiger partial charge is 0.339 e. The Morgan fingerprint density at radius 3 is 2.68 bits per heavy atom. The zero-order valence-corrected chi connectivity index (χ0v) is 18.4. The fourth-order valence-electron chi connectivity index (χ4n) is 4.16. The highest BCUT2D eigenvalue weighted by Gasteiger charge is 2.25. The summed E-state index contributed by atoms with van der Waals surface area (Å²) in [6, 6.07) is 16.7. The van der Waals surface area contributed by atoms with Crippen LogP contribution in [-0.4, -0.2) is 69.1 Å². The number of likely N-dealkylation sites (tertiary alicyclic amines) is 1. The molecule has 0 aliphatic carbocycles. The molecule has 0 radical (unpaired) electrons. The van der Waals surface area contributed by atoms with Crippen LogP contribution in [0, 0.1) is 0 Å². The summed E-state index contributed by atoms with van der Waals surface area (Å²) in [5.74, 6) is 0.0341. The number of tetrazole rings is 1. The number of carbonyl (C=O) groups excluding carboxylic acids is 1. The van der Waals surface area contributed by atoms with Crippen molar-refractivity contribution < 1.29 is 4.79 Å². The van der Waals surface area contributed by atoms with E-state index >= 15 is 0 Å². The predicted octanol–water partition coefficient (Wildman–Crippen LogP) is 3.71. The molecule has 0 N–H and O–H groups in total. The first-order chi connectivity index (χ1) is 15.1. The Labute approximate surface area is 184 Å². The first-order valence-electron chi connectivity index (χ1n) is 10.4. The fraction of sp³-hybridized carbons (Fsp3) is 0.304. The molecule has 0 unspecified atom stereocenters. The van der Waals surface area contributed by atoms with Crippen LogP contribution in [0.4, 0.5) is 0 Å². The molecule has 31 heavy (non-hydrogen) atoms. The maximum atomic E-state index is 13.5. The quantitative estimate of drug-likeness (QED) is 0.492. The summed E-state index contributed by atoms with van der Waals surface area (Å²) in [6.45, 7) is 2.03. The molecule has 0 saturated carbocycles. The van der Waals surface area contributed by atoms with Crippen molar-refractivity contribution in [3.05, 3.63) is 60.4 Å². The maximum Gasteiger partial charge on any atom is 0.253 e. The molecular weight excluding hydrogens is 408 g/mol. The second-order valence-corrected chi connectivity index (χ2v) is 9.21. The highest BCUT2D eigenvalue weighted by atomic mass is 32.1. The number of aromatic nitrogens is 4. The van der Waals surface area contributed by atoms with E-state index in [0.29, 0.717) is 5.56 Å². The molecule has 2 aromatic carbocycles. The topological polar surface area (TPSA) is 67.2 Å². The number of benzene rings is 2. The number of rotatable bonds is 4. The third kappa shape index (κ3) is 3.96. The third-order valence-corrected chi connectivity index (χ3v) is 7.21. The van der Waals surface area contributed by atoms with Crippen molar-refractivity contribution in [1.29, 1.82) is 0 Å². The minimum absolute atomic E-state index is 0.0341. The van der Waals surface area contributed by atoms with Gasteiger partial charge in [-0.15, -0.1) is 16.4 Å². The van der Waals surface area contributed by atoms with Gasteiger partial charge in [0.25, 0.3) is 5.91 Å². The Bertz CT molecular complexity index is 1180. The lowest BCUT2D eigenvalue weighted by Crippen LogP contribution is -2.44. The molecule has 1 amide bonds. The van der Waals surface area contributed by atoms with Crippen LogP contribution in [0.25, 0.3) is 26.2 Å². The maximum absolute atomic E-state index is 13.5. The minimum atomic E-state index is 0.0341. The monoisotopic (exact) mass is 432 g/mol. The number of nitrogens with zero attached hydrogens (tertiary/aromatic N) is 6. The van der Waals surface area contributed by atoms with Crippen LogP contribution in [0.2, 0.25) is 0 Å². The van der Waals surface area contributed by atoms with Gasteiger partial charge < -0.3 is 9.80 Å². The number of amides is 1. The molecule has 3 heterocycles. The number of fused-ring (bicyclic) bond motifs is 1. The number of hydrogen-bond acceptors (Lipinski definition) is 6. The van der Waals surface area contributed by atoms with Gasteiger partial charge in [0.2, 0.25) is 0 Å². The first kappa shape index (κ1) is 19.8. The zero-order chi connectivity index (χ0) is 21.4. The lowest BCUT2D eigenvalue weighted by Gasteiger charge is -2.35. The molecule has 1 aliphatic heterocycles.